The van der Waals surface area contributed by atoms with Crippen LogP contribution in [-0.4, -0.2) is 12.1 Å². The van der Waals surface area contributed by atoms with E-state index in [1.54, 1.807) is 0 Å². The Hall–Kier alpha value is -0.620. The summed E-state index contributed by atoms with van der Waals surface area (Å²) >= 11 is 0. The lowest BCUT2D eigenvalue weighted by molar-refractivity contribution is 0.562. The Labute approximate surface area is 42.3 Å². The van der Waals surface area contributed by atoms with Crippen LogP contribution in [-0.2, 0) is 4.79 Å². The minimum absolute atomic E-state index is 0.317. The van der Waals surface area contributed by atoms with Gasteiger partial charge in [0.1, 0.15) is 0 Å². The molecule has 1 saturated carbocycles. The highest BCUT2D eigenvalue weighted by Crippen LogP contribution is 2.31. The lowest BCUT2D eigenvalue weighted by Gasteiger charge is -1.71. The summed E-state index contributed by atoms with van der Waals surface area (Å²) in [6, 6.07) is 0.317. The van der Waals surface area contributed by atoms with Gasteiger partial charge in [-0.3, -0.25) is 0 Å². The molecule has 2 nitrogen and oxygen atoms in total. The molecule has 1 aliphatic carbocycles. The topological polar surface area (TPSA) is 29.4 Å². The van der Waals surface area contributed by atoms with Gasteiger partial charge in [-0.05, 0) is 12.3 Å². The van der Waals surface area contributed by atoms with Gasteiger partial charge in [0.15, 0.2) is 0 Å². The summed E-state index contributed by atoms with van der Waals surface area (Å²) in [6.45, 7) is 2.07. The molecule has 38 valence electrons. The summed E-state index contributed by atoms with van der Waals surface area (Å²) in [5.41, 5.74) is 0. The molecule has 1 fully saturated rings. The Kier molecular flexibility index (Phi) is 0.953. The molecule has 0 aromatic heterocycles. The van der Waals surface area contributed by atoms with E-state index in [1.807, 2.05) is 0 Å². The van der Waals surface area contributed by atoms with Gasteiger partial charge >= 0.3 is 0 Å². The quantitative estimate of drug-likeness (QED) is 0.350. The van der Waals surface area contributed by atoms with E-state index in [-0.39, 0.29) is 0 Å². The van der Waals surface area contributed by atoms with Crippen molar-refractivity contribution in [3.63, 3.8) is 0 Å². The standard InChI is InChI=1S/C5H7NO/c1-4-2-5(4)6-3-7/h4-5H,2H2,1H3/t4-,5-/m0/s1. The molecule has 0 bridgehead atoms. The van der Waals surface area contributed by atoms with Crippen molar-refractivity contribution in [2.45, 2.75) is 19.4 Å². The monoisotopic (exact) mass is 97.1 g/mol. The fourth-order valence-electron chi connectivity index (χ4n) is 0.550. The van der Waals surface area contributed by atoms with E-state index in [9.17, 15) is 4.79 Å². The third-order valence-electron chi connectivity index (χ3n) is 1.29. The highest BCUT2D eigenvalue weighted by atomic mass is 16.1. The normalized spacial score (nSPS) is 36.7. The largest absolute Gasteiger partial charge is 0.235 e. The van der Waals surface area contributed by atoms with E-state index < -0.39 is 0 Å². The van der Waals surface area contributed by atoms with E-state index in [2.05, 4.69) is 11.9 Å². The van der Waals surface area contributed by atoms with Crippen molar-refractivity contribution in [3.8, 4) is 0 Å². The first-order valence-corrected chi connectivity index (χ1v) is 2.41. The maximum atomic E-state index is 9.51. The molecule has 0 amide bonds. The molecule has 0 aromatic rings. The van der Waals surface area contributed by atoms with Crippen LogP contribution in [0, 0.1) is 5.92 Å². The Morgan fingerprint density at radius 1 is 1.86 bits per heavy atom. The lowest BCUT2D eigenvalue weighted by atomic mass is 10.5. The molecule has 7 heavy (non-hydrogen) atoms. The van der Waals surface area contributed by atoms with Crippen LogP contribution in [0.2, 0.25) is 0 Å². The van der Waals surface area contributed by atoms with Crippen LogP contribution < -0.4 is 0 Å². The zero-order valence-electron chi connectivity index (χ0n) is 4.22. The Morgan fingerprint density at radius 2 is 2.43 bits per heavy atom. The average Bonchev–Trinajstić information content (AvgIpc) is 2.22. The smallest absolute Gasteiger partial charge is 0.211 e. The fourth-order valence-corrected chi connectivity index (χ4v) is 0.550. The van der Waals surface area contributed by atoms with Gasteiger partial charge in [-0.25, -0.2) is 9.79 Å². The molecule has 1 rings (SSSR count). The van der Waals surface area contributed by atoms with Crippen LogP contribution in [0.4, 0.5) is 0 Å². The number of isocyanates is 1. The van der Waals surface area contributed by atoms with Gasteiger partial charge < -0.3 is 0 Å². The van der Waals surface area contributed by atoms with Gasteiger partial charge in [-0.15, -0.1) is 0 Å². The molecule has 0 aromatic carbocycles. The second kappa shape index (κ2) is 1.47. The average molecular weight is 97.1 g/mol. The minimum Gasteiger partial charge on any atom is -0.211 e. The third kappa shape index (κ3) is 0.875. The predicted octanol–water partition coefficient (Wildman–Crippen LogP) is 0.731. The van der Waals surface area contributed by atoms with E-state index in [0.717, 1.165) is 6.42 Å². The van der Waals surface area contributed by atoms with Gasteiger partial charge in [0, 0.05) is 0 Å². The number of carbonyl (C=O) groups excluding carboxylic acids is 1. The highest BCUT2D eigenvalue weighted by molar-refractivity contribution is 5.34. The molecule has 2 atom stereocenters. The first kappa shape index (κ1) is 4.54. The number of hydrogen-bond acceptors (Lipinski definition) is 2. The summed E-state index contributed by atoms with van der Waals surface area (Å²) in [4.78, 5) is 13.0. The van der Waals surface area contributed by atoms with E-state index in [1.165, 1.54) is 6.08 Å². The molecule has 0 spiro atoms. The molecule has 0 aliphatic heterocycles. The SMILES string of the molecule is C[C@H]1C[C@@H]1N=C=O. The van der Waals surface area contributed by atoms with Crippen LogP contribution in [0.25, 0.3) is 0 Å². The molecule has 0 unspecified atom stereocenters. The summed E-state index contributed by atoms with van der Waals surface area (Å²) in [5, 5.41) is 0. The molecule has 0 N–H and O–H groups in total. The molecule has 1 aliphatic rings. The van der Waals surface area contributed by atoms with Crippen LogP contribution in [0.1, 0.15) is 13.3 Å². The van der Waals surface area contributed by atoms with Crippen molar-refractivity contribution in [2.75, 3.05) is 0 Å². The third-order valence-corrected chi connectivity index (χ3v) is 1.29. The summed E-state index contributed by atoms with van der Waals surface area (Å²) in [7, 11) is 0. The molecule has 2 heteroatoms. The number of hydrogen-bond donors (Lipinski definition) is 0. The van der Waals surface area contributed by atoms with Crippen LogP contribution in [0.5, 0.6) is 0 Å². The second-order valence-electron chi connectivity index (χ2n) is 2.00. The van der Waals surface area contributed by atoms with Crippen molar-refractivity contribution < 1.29 is 4.79 Å². The minimum atomic E-state index is 0.317. The Bertz CT molecular complexity index is 115. The Balaban J connectivity index is 2.34. The zero-order chi connectivity index (χ0) is 5.28. The maximum Gasteiger partial charge on any atom is 0.235 e. The number of nitrogens with zero attached hydrogens (tertiary/aromatic N) is 1. The molecule has 0 heterocycles. The molecular formula is C5H7NO. The van der Waals surface area contributed by atoms with Crippen molar-refractivity contribution >= 4 is 6.08 Å². The summed E-state index contributed by atoms with van der Waals surface area (Å²) in [5.74, 6) is 0.640. The van der Waals surface area contributed by atoms with Crippen LogP contribution in [0.3, 0.4) is 0 Å². The highest BCUT2D eigenvalue weighted by Gasteiger charge is 2.31. The lowest BCUT2D eigenvalue weighted by Crippen LogP contribution is -1.74. The predicted molar refractivity (Wildman–Crippen MR) is 25.7 cm³/mol. The van der Waals surface area contributed by atoms with Gasteiger partial charge in [0.2, 0.25) is 6.08 Å². The van der Waals surface area contributed by atoms with Gasteiger partial charge in [0.25, 0.3) is 0 Å². The van der Waals surface area contributed by atoms with Crippen molar-refractivity contribution in [2.24, 2.45) is 10.9 Å². The first-order chi connectivity index (χ1) is 3.34. The van der Waals surface area contributed by atoms with E-state index in [4.69, 9.17) is 0 Å². The number of rotatable bonds is 1. The van der Waals surface area contributed by atoms with Crippen molar-refractivity contribution in [1.29, 1.82) is 0 Å². The van der Waals surface area contributed by atoms with Gasteiger partial charge in [0.05, 0.1) is 6.04 Å². The van der Waals surface area contributed by atoms with Crippen molar-refractivity contribution in [1.82, 2.24) is 0 Å². The van der Waals surface area contributed by atoms with Gasteiger partial charge in [-0.1, -0.05) is 6.92 Å². The zero-order valence-corrected chi connectivity index (χ0v) is 4.22. The molecule has 0 saturated heterocycles. The summed E-state index contributed by atoms with van der Waals surface area (Å²) < 4.78 is 0. The fraction of sp³-hybridized carbons (Fsp3) is 0.800. The second-order valence-corrected chi connectivity index (χ2v) is 2.00. The molecule has 0 radical (unpaired) electrons. The van der Waals surface area contributed by atoms with E-state index >= 15 is 0 Å². The first-order valence-electron chi connectivity index (χ1n) is 2.41. The maximum absolute atomic E-state index is 9.51. The van der Waals surface area contributed by atoms with Crippen LogP contribution >= 0.6 is 0 Å². The Morgan fingerprint density at radius 3 is 2.57 bits per heavy atom. The molecular weight excluding hydrogens is 90.1 g/mol. The summed E-state index contributed by atoms with van der Waals surface area (Å²) in [6.07, 6.45) is 2.61. The van der Waals surface area contributed by atoms with Crippen molar-refractivity contribution in [3.05, 3.63) is 0 Å². The van der Waals surface area contributed by atoms with E-state index in [0.29, 0.717) is 12.0 Å². The number of aliphatic imine (C=N–C) groups is 1. The van der Waals surface area contributed by atoms with Gasteiger partial charge in [-0.2, -0.15) is 0 Å². The van der Waals surface area contributed by atoms with Crippen LogP contribution in [0.15, 0.2) is 4.99 Å².